The van der Waals surface area contributed by atoms with Crippen LogP contribution in [0.3, 0.4) is 0 Å². The average molecular weight is 921 g/mol. The lowest BCUT2D eigenvalue weighted by atomic mass is 9.98. The number of rotatable bonds is 10. The lowest BCUT2D eigenvalue weighted by Crippen LogP contribution is -2.62. The van der Waals surface area contributed by atoms with Crippen LogP contribution >= 0.6 is 23.2 Å². The Balaban J connectivity index is 1.42. The van der Waals surface area contributed by atoms with Gasteiger partial charge in [0.15, 0.2) is 0 Å². The number of amides is 7. The van der Waals surface area contributed by atoms with Crippen LogP contribution in [0.4, 0.5) is 17.6 Å². The molecule has 1 spiro atoms. The van der Waals surface area contributed by atoms with E-state index in [1.54, 1.807) is 18.2 Å². The smallest absolute Gasteiger partial charge is 0.373 e. The summed E-state index contributed by atoms with van der Waals surface area (Å²) in [5.74, 6) is -6.82. The molecule has 2 aliphatic heterocycles. The fourth-order valence-corrected chi connectivity index (χ4v) is 8.34. The highest BCUT2D eigenvalue weighted by molar-refractivity contribution is 6.33. The van der Waals surface area contributed by atoms with Crippen LogP contribution in [0.25, 0.3) is 0 Å². The topological polar surface area (TPSA) is 198 Å². The van der Waals surface area contributed by atoms with Crippen molar-refractivity contribution >= 4 is 64.6 Å². The predicted octanol–water partition coefficient (Wildman–Crippen LogP) is 2.82. The van der Waals surface area contributed by atoms with E-state index in [1.807, 2.05) is 13.8 Å². The number of halogens is 6. The maximum absolute atomic E-state index is 14.6. The molecule has 2 heterocycles. The summed E-state index contributed by atoms with van der Waals surface area (Å²) < 4.78 is 55.4. The van der Waals surface area contributed by atoms with Gasteiger partial charge in [-0.15, -0.1) is 0 Å². The number of hydrogen-bond donors (Lipinski definition) is 5. The fourth-order valence-electron chi connectivity index (χ4n) is 7.95. The van der Waals surface area contributed by atoms with Crippen LogP contribution in [0.2, 0.25) is 10.0 Å². The summed E-state index contributed by atoms with van der Waals surface area (Å²) in [5.41, 5.74) is -4.65. The Hall–Kier alpha value is -4.23. The second-order valence-electron chi connectivity index (χ2n) is 17.6. The molecule has 1 aromatic rings. The first-order valence-electron chi connectivity index (χ1n) is 20.8. The molecule has 1 aromatic carbocycles. The first-order valence-corrected chi connectivity index (χ1v) is 21.6. The summed E-state index contributed by atoms with van der Waals surface area (Å²) in [5, 5.41) is 21.7. The molecular formula is C41H55Cl2F4N7O8. The second kappa shape index (κ2) is 19.3. The molecule has 0 radical (unpaired) electrons. The van der Waals surface area contributed by atoms with E-state index >= 15 is 0 Å². The number of nitrogens with one attached hydrogen (secondary N) is 4. The van der Waals surface area contributed by atoms with Crippen LogP contribution in [-0.4, -0.2) is 142 Å². The number of aliphatic hydroxyl groups is 1. The van der Waals surface area contributed by atoms with E-state index in [1.165, 1.54) is 19.0 Å². The zero-order chi connectivity index (χ0) is 46.1. The van der Waals surface area contributed by atoms with Gasteiger partial charge in [-0.25, -0.2) is 4.39 Å². The van der Waals surface area contributed by atoms with Crippen molar-refractivity contribution in [2.75, 3.05) is 27.2 Å². The summed E-state index contributed by atoms with van der Waals surface area (Å²) in [6, 6.07) is -2.09. The summed E-state index contributed by atoms with van der Waals surface area (Å²) in [7, 11) is 2.73. The Morgan fingerprint density at radius 3 is 2.31 bits per heavy atom. The Morgan fingerprint density at radius 1 is 1.05 bits per heavy atom. The largest absolute Gasteiger partial charge is 0.426 e. The Bertz CT molecular complexity index is 1910. The van der Waals surface area contributed by atoms with Gasteiger partial charge in [0.1, 0.15) is 41.9 Å². The van der Waals surface area contributed by atoms with E-state index in [4.69, 9.17) is 23.2 Å². The Morgan fingerprint density at radius 2 is 1.71 bits per heavy atom. The molecule has 15 nitrogen and oxygen atoms in total. The Labute approximate surface area is 367 Å². The van der Waals surface area contributed by atoms with Crippen molar-refractivity contribution in [1.29, 1.82) is 0 Å². The summed E-state index contributed by atoms with van der Waals surface area (Å²) >= 11 is 12.8. The van der Waals surface area contributed by atoms with Gasteiger partial charge < -0.3 is 41.1 Å². The van der Waals surface area contributed by atoms with Crippen molar-refractivity contribution in [3.8, 4) is 0 Å². The normalized spacial score (nSPS) is 26.6. The van der Waals surface area contributed by atoms with E-state index in [0.29, 0.717) is 47.6 Å². The number of benzene rings is 1. The van der Waals surface area contributed by atoms with Gasteiger partial charge in [0.2, 0.25) is 41.0 Å². The van der Waals surface area contributed by atoms with Gasteiger partial charge in [0.05, 0.1) is 6.54 Å². The summed E-state index contributed by atoms with van der Waals surface area (Å²) in [6.07, 6.45) is -5.67. The molecule has 2 aliphatic carbocycles. The highest BCUT2D eigenvalue weighted by atomic mass is 35.5. The first kappa shape index (κ1) is 48.8. The van der Waals surface area contributed by atoms with E-state index in [2.05, 4.69) is 21.3 Å². The van der Waals surface area contributed by atoms with Crippen molar-refractivity contribution in [2.45, 2.75) is 139 Å². The maximum atomic E-state index is 14.6. The van der Waals surface area contributed by atoms with Crippen molar-refractivity contribution in [3.05, 3.63) is 33.8 Å². The molecule has 2 saturated heterocycles. The molecule has 0 bridgehead atoms. The lowest BCUT2D eigenvalue weighted by molar-refractivity contribution is -0.250. The van der Waals surface area contributed by atoms with Gasteiger partial charge in [-0.2, -0.15) is 13.2 Å². The zero-order valence-corrected chi connectivity index (χ0v) is 36.8. The molecule has 4 aliphatic rings. The quantitative estimate of drug-likeness (QED) is 0.221. The van der Waals surface area contributed by atoms with E-state index < -0.39 is 114 Å². The summed E-state index contributed by atoms with van der Waals surface area (Å²) in [6.45, 7) is 3.14. The minimum Gasteiger partial charge on any atom is -0.373 e. The molecule has 7 atom stereocenters. The molecule has 62 heavy (non-hydrogen) atoms. The third kappa shape index (κ3) is 11.1. The number of nitrogens with zero attached hydrogens (tertiary/aromatic N) is 3. The molecule has 2 saturated carbocycles. The molecule has 0 unspecified atom stereocenters. The minimum absolute atomic E-state index is 0.0342. The standard InChI is InChI=1S/C41H55Cl2F4N7O8/c1-21(2)16-27-35(58)53(5)29(18-23-17-24(42)11-12-26(23)43)34(57)51-40(13-14-40)37(60)48-15-7-6-8-28(32(55)49-27)52(4)36(59)31(22-9-10-22)50-33(56)30-19-25(44)20-54(30)38(61)39(3,62)41(45,46)47/h11-12,17,21-22,25,27-31,62H,6-10,13-16,18-20H2,1-5H3,(H,48,60)(H,49,55)(H,50,56)(H,51,57)/t25-,27+,28+,29+,30+,31+,39-/m1/s1. The van der Waals surface area contributed by atoms with Crippen molar-refractivity contribution in [1.82, 2.24) is 36.0 Å². The average Bonchev–Trinajstić information content (AvgIpc) is 4.14. The van der Waals surface area contributed by atoms with E-state index in [0.717, 1.165) is 4.90 Å². The van der Waals surface area contributed by atoms with Crippen molar-refractivity contribution < 1.29 is 56.2 Å². The number of hydrogen-bond acceptors (Lipinski definition) is 8. The van der Waals surface area contributed by atoms with Gasteiger partial charge >= 0.3 is 6.18 Å². The Kier molecular flexibility index (Phi) is 15.2. The molecule has 7 amide bonds. The van der Waals surface area contributed by atoms with Crippen LogP contribution < -0.4 is 21.3 Å². The molecule has 0 aromatic heterocycles. The monoisotopic (exact) mass is 919 g/mol. The van der Waals surface area contributed by atoms with Crippen molar-refractivity contribution in [3.63, 3.8) is 0 Å². The molecule has 4 fully saturated rings. The van der Waals surface area contributed by atoms with Crippen LogP contribution in [0.5, 0.6) is 0 Å². The molecule has 5 N–H and O–H groups in total. The maximum Gasteiger partial charge on any atom is 0.426 e. The van der Waals surface area contributed by atoms with Gasteiger partial charge in [-0.1, -0.05) is 37.0 Å². The number of carbonyl (C=O) groups excluding carboxylic acids is 7. The van der Waals surface area contributed by atoms with Crippen LogP contribution in [0, 0.1) is 11.8 Å². The molecule has 5 rings (SSSR count). The SMILES string of the molecule is CC(C)C[C@@H]1NC(=O)[C@@H](N(C)C(=O)[C@@H](NC(=O)[C@@H]2C[C@@H](F)CN2C(=O)[C@@](C)(O)C(F)(F)F)C2CC2)CCCCNC(=O)C2(CC2)NC(=O)[C@H](Cc2cc(Cl)ccc2Cl)N(C)C1=O. The molecular weight excluding hydrogens is 865 g/mol. The molecule has 344 valence electrons. The number of alkyl halides is 4. The summed E-state index contributed by atoms with van der Waals surface area (Å²) in [4.78, 5) is 99.9. The van der Waals surface area contributed by atoms with Crippen LogP contribution in [-0.2, 0) is 40.0 Å². The van der Waals surface area contributed by atoms with Gasteiger partial charge in [-0.05, 0) is 93.9 Å². The molecule has 21 heteroatoms. The van der Waals surface area contributed by atoms with Gasteiger partial charge in [0, 0.05) is 43.5 Å². The highest BCUT2D eigenvalue weighted by Gasteiger charge is 2.60. The minimum atomic E-state index is -5.43. The van der Waals surface area contributed by atoms with Crippen LogP contribution in [0.15, 0.2) is 18.2 Å². The van der Waals surface area contributed by atoms with Gasteiger partial charge in [-0.3, -0.25) is 33.6 Å². The second-order valence-corrected chi connectivity index (χ2v) is 18.4. The predicted molar refractivity (Wildman–Crippen MR) is 218 cm³/mol. The number of likely N-dealkylation sites (N-methyl/N-ethyl adjacent to an activating group) is 2. The van der Waals surface area contributed by atoms with Crippen LogP contribution in [0.1, 0.15) is 84.1 Å². The fraction of sp³-hybridized carbons (Fsp3) is 0.683. The first-order chi connectivity index (χ1) is 28.9. The van der Waals surface area contributed by atoms with Gasteiger partial charge in [0.25, 0.3) is 5.91 Å². The lowest BCUT2D eigenvalue weighted by Gasteiger charge is -2.35. The van der Waals surface area contributed by atoms with Crippen molar-refractivity contribution in [2.24, 2.45) is 11.8 Å². The third-order valence-corrected chi connectivity index (χ3v) is 12.8. The third-order valence-electron chi connectivity index (χ3n) is 12.2. The number of likely N-dealkylation sites (tertiary alicyclic amines) is 1. The zero-order valence-electron chi connectivity index (χ0n) is 35.3. The highest BCUT2D eigenvalue weighted by Crippen LogP contribution is 2.38. The van der Waals surface area contributed by atoms with E-state index in [-0.39, 0.29) is 50.1 Å². The number of carbonyl (C=O) groups is 7. The van der Waals surface area contributed by atoms with E-state index in [9.17, 15) is 56.2 Å².